The minimum absolute atomic E-state index is 0.0135. The third-order valence-corrected chi connectivity index (χ3v) is 13.9. The van der Waals surface area contributed by atoms with Crippen molar-refractivity contribution < 1.29 is 43.2 Å². The van der Waals surface area contributed by atoms with Crippen LogP contribution in [0.5, 0.6) is 0 Å². The number of aromatic amines is 1. The molecule has 2 aromatic carbocycles. The van der Waals surface area contributed by atoms with E-state index in [0.717, 1.165) is 49.4 Å². The number of primary amides is 1. The maximum Gasteiger partial charge on any atom is 0.243 e. The Hall–Kier alpha value is -7.52. The molecule has 1 aliphatic carbocycles. The van der Waals surface area contributed by atoms with Crippen molar-refractivity contribution in [2.75, 3.05) is 13.1 Å². The standard InChI is InChI=1S/C54H79N13O9/c1-3-4-21-40(61-33(2)68)48(71)64-42-25-26-46(69)58-27-14-13-23-39(47(55)70)62-53(76)45(31-36-32-60-38-22-12-11-20-37(36)38)67-49(72)41(24-15-28-59-54(56)57)63-51(74)43(29-34-16-7-5-8-17-34)66-52(75)44(65-50(42)73)30-35-18-9-6-10-19-35/h5,7-8,11-12,16-17,20,22,32,35,39-45,60H,3-4,6,9-10,13-15,18-19,21,23-31H2,1-2H3,(H2,55,70)(H,58,69)(H,61,68)(H,62,76)(H,63,74)(H,64,71)(H,65,73)(H,66,75)(H,67,72)(H4,56,57,59)/t39-,40-,41-,42-,43+,44-,45-/m0/s1. The molecule has 0 bridgehead atoms. The molecule has 414 valence electrons. The van der Waals surface area contributed by atoms with E-state index in [4.69, 9.17) is 16.9 Å². The zero-order valence-corrected chi connectivity index (χ0v) is 43.9. The molecule has 2 fully saturated rings. The van der Waals surface area contributed by atoms with Gasteiger partial charge in [0.15, 0.2) is 5.96 Å². The third-order valence-electron chi connectivity index (χ3n) is 13.9. The summed E-state index contributed by atoms with van der Waals surface area (Å²) >= 11 is 0. The topological polar surface area (TPSA) is 354 Å². The number of nitrogens with one attached hydrogen (secondary N) is 11. The molecular formula is C54H79N13O9. The van der Waals surface area contributed by atoms with Gasteiger partial charge in [0, 0.05) is 56.4 Å². The van der Waals surface area contributed by atoms with Crippen LogP contribution in [-0.4, -0.2) is 119 Å². The zero-order valence-electron chi connectivity index (χ0n) is 43.9. The number of benzene rings is 2. The highest BCUT2D eigenvalue weighted by Gasteiger charge is 2.36. The number of fused-ring (bicyclic) bond motifs is 1. The molecule has 1 aromatic heterocycles. The number of amides is 9. The lowest BCUT2D eigenvalue weighted by Crippen LogP contribution is -2.60. The van der Waals surface area contributed by atoms with E-state index in [1.165, 1.54) is 6.92 Å². The predicted octanol–water partition coefficient (Wildman–Crippen LogP) is 1.36. The van der Waals surface area contributed by atoms with Crippen molar-refractivity contribution in [3.8, 4) is 0 Å². The summed E-state index contributed by atoms with van der Waals surface area (Å²) < 4.78 is 0. The van der Waals surface area contributed by atoms with Gasteiger partial charge in [-0.05, 0) is 74.5 Å². The minimum Gasteiger partial charge on any atom is -0.370 e. The average Bonchev–Trinajstić information content (AvgIpc) is 3.80. The third kappa shape index (κ3) is 19.6. The van der Waals surface area contributed by atoms with E-state index >= 15 is 0 Å². The van der Waals surface area contributed by atoms with Gasteiger partial charge in [0.1, 0.15) is 42.3 Å². The average molecular weight is 1050 g/mol. The monoisotopic (exact) mass is 1050 g/mol. The number of carbonyl (C=O) groups is 9. The molecular weight excluding hydrogens is 975 g/mol. The van der Waals surface area contributed by atoms with E-state index in [1.807, 2.05) is 31.2 Å². The van der Waals surface area contributed by atoms with Crippen LogP contribution in [0.3, 0.4) is 0 Å². The normalized spacial score (nSPS) is 22.7. The molecule has 9 amide bonds. The second kappa shape index (κ2) is 30.8. The maximum atomic E-state index is 14.8. The highest BCUT2D eigenvalue weighted by Crippen LogP contribution is 2.28. The molecule has 0 spiro atoms. The molecule has 2 aliphatic rings. The Morgan fingerprint density at radius 1 is 0.711 bits per heavy atom. The van der Waals surface area contributed by atoms with Crippen molar-refractivity contribution in [2.24, 2.45) is 17.4 Å². The fourth-order valence-corrected chi connectivity index (χ4v) is 9.75. The molecule has 5 rings (SSSR count). The maximum absolute atomic E-state index is 14.8. The molecule has 1 aliphatic heterocycles. The summed E-state index contributed by atoms with van der Waals surface area (Å²) in [6.07, 6.45) is 8.49. The van der Waals surface area contributed by atoms with Gasteiger partial charge >= 0.3 is 0 Å². The van der Waals surface area contributed by atoms with Crippen LogP contribution in [0.4, 0.5) is 0 Å². The van der Waals surface area contributed by atoms with Crippen molar-refractivity contribution in [2.45, 2.75) is 172 Å². The second-order valence-corrected chi connectivity index (χ2v) is 20.0. The van der Waals surface area contributed by atoms with Crippen molar-refractivity contribution in [1.82, 2.24) is 52.8 Å². The summed E-state index contributed by atoms with van der Waals surface area (Å²) in [6, 6.07) is 7.67. The molecule has 7 atom stereocenters. The first kappa shape index (κ1) is 59.4. The zero-order chi connectivity index (χ0) is 55.0. The number of H-pyrrole nitrogens is 1. The highest BCUT2D eigenvalue weighted by molar-refractivity contribution is 5.98. The smallest absolute Gasteiger partial charge is 0.243 e. The molecule has 0 unspecified atom stereocenters. The number of hydrogen-bond acceptors (Lipinski definition) is 10. The summed E-state index contributed by atoms with van der Waals surface area (Å²) in [6.45, 7) is 3.53. The van der Waals surface area contributed by atoms with Gasteiger partial charge in [-0.25, -0.2) is 0 Å². The summed E-state index contributed by atoms with van der Waals surface area (Å²) in [5.41, 5.74) is 13.5. The summed E-state index contributed by atoms with van der Waals surface area (Å²) in [5, 5.41) is 33.5. The number of carbonyl (C=O) groups excluding carboxylic acids is 9. The van der Waals surface area contributed by atoms with Crippen LogP contribution in [-0.2, 0) is 56.0 Å². The SMILES string of the molecule is CCCC[C@H](NC(C)=O)C(=O)N[C@H]1CCC(=O)NCCCC[C@@H](C(N)=O)NC(=O)[C@H](Cc2c[nH]c3ccccc23)NC(=O)[C@H](CCCNC(=N)N)NC(=O)[C@@H](Cc2ccccc2)NC(=O)[C@H](CC2CCCCC2)NC1=O. The van der Waals surface area contributed by atoms with Crippen LogP contribution in [0.15, 0.2) is 60.8 Å². The Labute approximate surface area is 444 Å². The molecule has 15 N–H and O–H groups in total. The van der Waals surface area contributed by atoms with Gasteiger partial charge in [0.2, 0.25) is 53.2 Å². The number of guanidine groups is 1. The predicted molar refractivity (Wildman–Crippen MR) is 286 cm³/mol. The van der Waals surface area contributed by atoms with Gasteiger partial charge < -0.3 is 64.3 Å². The number of rotatable bonds is 17. The number of hydrogen-bond donors (Lipinski definition) is 13. The van der Waals surface area contributed by atoms with Crippen LogP contribution in [0, 0.1) is 11.3 Å². The molecule has 1 saturated heterocycles. The van der Waals surface area contributed by atoms with E-state index in [0.29, 0.717) is 30.4 Å². The minimum atomic E-state index is -1.33. The quantitative estimate of drug-likeness (QED) is 0.0520. The molecule has 1 saturated carbocycles. The van der Waals surface area contributed by atoms with Crippen LogP contribution in [0.1, 0.15) is 128 Å². The van der Waals surface area contributed by atoms with Crippen molar-refractivity contribution >= 4 is 70.0 Å². The Balaban J connectivity index is 1.54. The van der Waals surface area contributed by atoms with Crippen molar-refractivity contribution in [3.05, 3.63) is 71.9 Å². The number of unbranched alkanes of at least 4 members (excludes halogenated alkanes) is 1. The number of aromatic nitrogens is 1. The van der Waals surface area contributed by atoms with E-state index in [1.54, 1.807) is 36.5 Å². The largest absolute Gasteiger partial charge is 0.370 e. The molecule has 76 heavy (non-hydrogen) atoms. The first-order chi connectivity index (χ1) is 36.5. The van der Waals surface area contributed by atoms with E-state index in [9.17, 15) is 43.2 Å². The van der Waals surface area contributed by atoms with Gasteiger partial charge in [0.05, 0.1) is 0 Å². The first-order valence-corrected chi connectivity index (χ1v) is 26.8. The van der Waals surface area contributed by atoms with Gasteiger partial charge in [-0.1, -0.05) is 100 Å². The van der Waals surface area contributed by atoms with Gasteiger partial charge in [-0.3, -0.25) is 48.6 Å². The van der Waals surface area contributed by atoms with Gasteiger partial charge in [-0.15, -0.1) is 0 Å². The van der Waals surface area contributed by atoms with E-state index in [2.05, 4.69) is 52.8 Å². The Morgan fingerprint density at radius 2 is 1.34 bits per heavy atom. The van der Waals surface area contributed by atoms with E-state index < -0.39 is 95.5 Å². The van der Waals surface area contributed by atoms with Crippen LogP contribution < -0.4 is 59.3 Å². The van der Waals surface area contributed by atoms with Crippen LogP contribution >= 0.6 is 0 Å². The van der Waals surface area contributed by atoms with Crippen molar-refractivity contribution in [3.63, 3.8) is 0 Å². The van der Waals surface area contributed by atoms with Gasteiger partial charge in [0.25, 0.3) is 0 Å². The lowest BCUT2D eigenvalue weighted by Gasteiger charge is -2.30. The molecule has 2 heterocycles. The first-order valence-electron chi connectivity index (χ1n) is 26.8. The summed E-state index contributed by atoms with van der Waals surface area (Å²) in [4.78, 5) is 129. The fraction of sp³-hybridized carbons (Fsp3) is 0.556. The lowest BCUT2D eigenvalue weighted by atomic mass is 9.84. The number of para-hydroxylation sites is 1. The van der Waals surface area contributed by atoms with E-state index in [-0.39, 0.29) is 82.8 Å². The second-order valence-electron chi connectivity index (χ2n) is 20.0. The lowest BCUT2D eigenvalue weighted by molar-refractivity contribution is -0.136. The molecule has 3 aromatic rings. The molecule has 22 nitrogen and oxygen atoms in total. The van der Waals surface area contributed by atoms with Crippen LogP contribution in [0.2, 0.25) is 0 Å². The molecule has 22 heteroatoms. The fourth-order valence-electron chi connectivity index (χ4n) is 9.75. The summed E-state index contributed by atoms with van der Waals surface area (Å²) in [7, 11) is 0. The summed E-state index contributed by atoms with van der Waals surface area (Å²) in [5.74, 6) is -6.30. The Morgan fingerprint density at radius 3 is 2.04 bits per heavy atom. The Kier molecular flexibility index (Phi) is 24.0. The van der Waals surface area contributed by atoms with Crippen molar-refractivity contribution in [1.29, 1.82) is 5.41 Å². The van der Waals surface area contributed by atoms with Crippen LogP contribution in [0.25, 0.3) is 10.9 Å². The molecule has 0 radical (unpaired) electrons. The number of nitrogens with two attached hydrogens (primary N) is 2. The Bertz CT molecular complexity index is 2460. The highest BCUT2D eigenvalue weighted by atomic mass is 16.2. The van der Waals surface area contributed by atoms with Gasteiger partial charge in [-0.2, -0.15) is 0 Å².